The van der Waals surface area contributed by atoms with Gasteiger partial charge in [-0.1, -0.05) is 317 Å². The van der Waals surface area contributed by atoms with E-state index in [1.54, 1.807) is 6.08 Å². The van der Waals surface area contributed by atoms with E-state index in [4.69, 9.17) is 9.05 Å². The number of amides is 1. The van der Waals surface area contributed by atoms with Crippen LogP contribution in [0.3, 0.4) is 0 Å². The van der Waals surface area contributed by atoms with Gasteiger partial charge in [0.05, 0.1) is 39.9 Å². The number of likely N-dealkylation sites (N-methyl/N-ethyl adjacent to an activating group) is 1. The highest BCUT2D eigenvalue weighted by atomic mass is 31.2. The quantitative estimate of drug-likeness (QED) is 0.0243. The van der Waals surface area contributed by atoms with E-state index in [0.29, 0.717) is 17.4 Å². The van der Waals surface area contributed by atoms with Gasteiger partial charge in [-0.05, 0) is 83.5 Å². The van der Waals surface area contributed by atoms with Crippen molar-refractivity contribution >= 4 is 13.7 Å². The van der Waals surface area contributed by atoms with E-state index in [2.05, 4.69) is 104 Å². The van der Waals surface area contributed by atoms with Crippen LogP contribution in [0.4, 0.5) is 0 Å². The number of phosphoric ester groups is 1. The lowest BCUT2D eigenvalue weighted by molar-refractivity contribution is -0.870. The fourth-order valence-corrected chi connectivity index (χ4v) is 10.7. The number of nitrogens with zero attached hydrogens (tertiary/aromatic N) is 1. The van der Waals surface area contributed by atoms with E-state index in [-0.39, 0.29) is 19.1 Å². The average Bonchev–Trinajstić information content (AvgIpc) is 3.47. The van der Waals surface area contributed by atoms with Gasteiger partial charge in [-0.15, -0.1) is 0 Å². The molecule has 3 N–H and O–H groups in total. The molecule has 0 saturated carbocycles. The number of hydrogen-bond donors (Lipinski definition) is 3. The summed E-state index contributed by atoms with van der Waals surface area (Å²) in [5.74, 6) is -0.187. The maximum Gasteiger partial charge on any atom is 0.472 e. The van der Waals surface area contributed by atoms with Crippen molar-refractivity contribution in [2.24, 2.45) is 0 Å². The maximum atomic E-state index is 13.0. The van der Waals surface area contributed by atoms with Gasteiger partial charge in [0.1, 0.15) is 13.2 Å². The molecule has 8 nitrogen and oxygen atoms in total. The molecule has 0 aliphatic heterocycles. The van der Waals surface area contributed by atoms with Crippen LogP contribution in [0.1, 0.15) is 309 Å². The zero-order valence-corrected chi connectivity index (χ0v) is 55.4. The molecule has 0 spiro atoms. The number of unbranched alkanes of at least 4 members (excludes halogenated alkanes) is 36. The van der Waals surface area contributed by atoms with Gasteiger partial charge in [-0.2, -0.15) is 0 Å². The molecular weight excluding hydrogens is 1030 g/mol. The molecule has 0 radical (unpaired) electrons. The molecule has 0 rings (SSSR count). The second-order valence-corrected chi connectivity index (χ2v) is 26.0. The Hall–Kier alpha value is -2.58. The molecular formula is C73H134N2O6P+. The SMILES string of the molecule is CC/C=C\C/C=C\C/C=C\C/C=C\C/C=C\C/C=C\CCCCCCCCCCCCCCCCC(=O)NC(COP(=O)(O)OCC[N+](C)(C)C)C(O)/C=C/CC/C=C/CCCCCCCCCCCCCCCCCCCCCCC. The highest BCUT2D eigenvalue weighted by Gasteiger charge is 2.28. The fourth-order valence-electron chi connectivity index (χ4n) is 9.95. The number of carbonyl (C=O) groups is 1. The van der Waals surface area contributed by atoms with Crippen molar-refractivity contribution in [1.29, 1.82) is 0 Å². The van der Waals surface area contributed by atoms with Gasteiger partial charge in [-0.25, -0.2) is 4.57 Å². The Morgan fingerprint density at radius 1 is 0.427 bits per heavy atom. The minimum Gasteiger partial charge on any atom is -0.387 e. The minimum absolute atomic E-state index is 0.0532. The Labute approximate surface area is 509 Å². The molecule has 0 aromatic heterocycles. The summed E-state index contributed by atoms with van der Waals surface area (Å²) in [5.41, 5.74) is 0. The van der Waals surface area contributed by atoms with Crippen LogP contribution in [0.2, 0.25) is 0 Å². The highest BCUT2D eigenvalue weighted by Crippen LogP contribution is 2.43. The summed E-state index contributed by atoms with van der Waals surface area (Å²) in [6.07, 6.45) is 91.2. The van der Waals surface area contributed by atoms with Crippen LogP contribution in [-0.4, -0.2) is 73.4 Å². The standard InChI is InChI=1S/C73H133N2O6P/c1-6-8-10-12-14-16-18-20-22-24-26-28-30-32-34-35-36-37-38-39-41-43-45-47-49-51-53-55-57-59-61-63-65-67-73(77)74-71(70-81-82(78,79)80-69-68-75(3,4)5)72(76)66-64-62-60-58-56-54-52-50-48-46-44-42-40-33-31-29-27-25-23-21-19-17-15-13-11-9-7-2/h8,10,14,16,20,22,26,28,32,34,36-37,56,58,64,66,71-72,76H,6-7,9,11-13,15,17-19,21,23-25,27,29-31,33,35,38-55,57,59-63,65,67-70H2,1-5H3,(H-,74,77,78,79)/p+1/b10-8-,16-14-,22-20-,28-26-,34-32-,37-36-,58-56+,66-64+. The average molecular weight is 1170 g/mol. The molecule has 0 aromatic rings. The normalized spacial score (nSPS) is 14.3. The summed E-state index contributed by atoms with van der Waals surface area (Å²) in [6, 6.07) is -0.871. The second-order valence-electron chi connectivity index (χ2n) is 24.5. The summed E-state index contributed by atoms with van der Waals surface area (Å²) in [5, 5.41) is 14.0. The van der Waals surface area contributed by atoms with Crippen molar-refractivity contribution in [2.75, 3.05) is 40.9 Å². The Balaban J connectivity index is 4.13. The first-order chi connectivity index (χ1) is 40.0. The number of quaternary nitrogens is 1. The van der Waals surface area contributed by atoms with E-state index < -0.39 is 20.0 Å². The molecule has 1 amide bonds. The van der Waals surface area contributed by atoms with Gasteiger partial charge in [-0.3, -0.25) is 13.8 Å². The first kappa shape index (κ1) is 79.4. The van der Waals surface area contributed by atoms with Gasteiger partial charge >= 0.3 is 7.82 Å². The Bertz CT molecular complexity index is 1660. The van der Waals surface area contributed by atoms with Crippen LogP contribution in [-0.2, 0) is 18.4 Å². The van der Waals surface area contributed by atoms with Crippen LogP contribution in [0.25, 0.3) is 0 Å². The summed E-state index contributed by atoms with van der Waals surface area (Å²) in [6.45, 7) is 4.71. The molecule has 0 aliphatic rings. The second kappa shape index (κ2) is 62.9. The first-order valence-electron chi connectivity index (χ1n) is 34.6. The molecule has 476 valence electrons. The predicted molar refractivity (Wildman–Crippen MR) is 359 cm³/mol. The number of carbonyl (C=O) groups excluding carboxylic acids is 1. The van der Waals surface area contributed by atoms with Crippen LogP contribution in [0.15, 0.2) is 97.2 Å². The van der Waals surface area contributed by atoms with E-state index >= 15 is 0 Å². The zero-order valence-electron chi connectivity index (χ0n) is 54.5. The highest BCUT2D eigenvalue weighted by molar-refractivity contribution is 7.47. The predicted octanol–water partition coefficient (Wildman–Crippen LogP) is 22.1. The Kier molecular flexibility index (Phi) is 61.0. The lowest BCUT2D eigenvalue weighted by Gasteiger charge is -2.25. The van der Waals surface area contributed by atoms with Gasteiger partial charge in [0.15, 0.2) is 0 Å². The molecule has 0 aromatic carbocycles. The third-order valence-electron chi connectivity index (χ3n) is 15.3. The Morgan fingerprint density at radius 3 is 1.12 bits per heavy atom. The smallest absolute Gasteiger partial charge is 0.387 e. The van der Waals surface area contributed by atoms with Crippen molar-refractivity contribution in [1.82, 2.24) is 5.32 Å². The van der Waals surface area contributed by atoms with Crippen LogP contribution in [0.5, 0.6) is 0 Å². The minimum atomic E-state index is -4.37. The van der Waals surface area contributed by atoms with Crippen molar-refractivity contribution in [2.45, 2.75) is 321 Å². The topological polar surface area (TPSA) is 105 Å². The van der Waals surface area contributed by atoms with Gasteiger partial charge in [0, 0.05) is 6.42 Å². The molecule has 0 heterocycles. The molecule has 9 heteroatoms. The largest absolute Gasteiger partial charge is 0.472 e. The molecule has 0 fully saturated rings. The summed E-state index contributed by atoms with van der Waals surface area (Å²) < 4.78 is 23.8. The molecule has 0 bridgehead atoms. The van der Waals surface area contributed by atoms with Crippen molar-refractivity contribution in [3.8, 4) is 0 Å². The van der Waals surface area contributed by atoms with Crippen LogP contribution < -0.4 is 5.32 Å². The van der Waals surface area contributed by atoms with E-state index in [0.717, 1.165) is 77.0 Å². The number of nitrogens with one attached hydrogen (secondary N) is 1. The summed E-state index contributed by atoms with van der Waals surface area (Å²) in [7, 11) is 1.55. The number of rotatable bonds is 63. The molecule has 0 aliphatic carbocycles. The fraction of sp³-hybridized carbons (Fsp3) is 0.767. The molecule has 0 saturated heterocycles. The van der Waals surface area contributed by atoms with Gasteiger partial charge in [0.25, 0.3) is 0 Å². The van der Waals surface area contributed by atoms with Crippen LogP contribution in [0, 0.1) is 0 Å². The number of allylic oxidation sites excluding steroid dienone is 15. The lowest BCUT2D eigenvalue weighted by Crippen LogP contribution is -2.45. The molecule has 3 atom stereocenters. The van der Waals surface area contributed by atoms with E-state index in [9.17, 15) is 19.4 Å². The molecule has 3 unspecified atom stereocenters. The summed E-state index contributed by atoms with van der Waals surface area (Å²) in [4.78, 5) is 23.4. The van der Waals surface area contributed by atoms with Crippen molar-refractivity contribution in [3.05, 3.63) is 97.2 Å². The first-order valence-corrected chi connectivity index (χ1v) is 36.1. The number of hydrogen-bond acceptors (Lipinski definition) is 5. The van der Waals surface area contributed by atoms with Crippen molar-refractivity contribution in [3.63, 3.8) is 0 Å². The zero-order chi connectivity index (χ0) is 59.8. The lowest BCUT2D eigenvalue weighted by atomic mass is 10.0. The monoisotopic (exact) mass is 1170 g/mol. The van der Waals surface area contributed by atoms with Crippen LogP contribution >= 0.6 is 7.82 Å². The number of phosphoric acid groups is 1. The molecule has 82 heavy (non-hydrogen) atoms. The maximum absolute atomic E-state index is 13.0. The van der Waals surface area contributed by atoms with Gasteiger partial charge in [0.2, 0.25) is 5.91 Å². The third-order valence-corrected chi connectivity index (χ3v) is 16.3. The van der Waals surface area contributed by atoms with Gasteiger partial charge < -0.3 is 19.8 Å². The van der Waals surface area contributed by atoms with Crippen molar-refractivity contribution < 1.29 is 32.9 Å². The van der Waals surface area contributed by atoms with E-state index in [1.807, 2.05) is 27.2 Å². The Morgan fingerprint density at radius 2 is 0.744 bits per heavy atom. The van der Waals surface area contributed by atoms with E-state index in [1.165, 1.54) is 212 Å². The third kappa shape index (κ3) is 65.0. The number of aliphatic hydroxyl groups is 1. The summed E-state index contributed by atoms with van der Waals surface area (Å²) >= 11 is 0. The number of aliphatic hydroxyl groups excluding tert-OH is 1.